The quantitative estimate of drug-likeness (QED) is 0.844. The number of rotatable bonds is 4. The van der Waals surface area contributed by atoms with E-state index in [9.17, 15) is 8.42 Å². The highest BCUT2D eigenvalue weighted by atomic mass is 32.2. The molecule has 0 aromatic heterocycles. The Kier molecular flexibility index (Phi) is 4.46. The lowest BCUT2D eigenvalue weighted by Crippen LogP contribution is -2.33. The number of nitriles is 1. The van der Waals surface area contributed by atoms with E-state index in [-0.39, 0.29) is 11.3 Å². The van der Waals surface area contributed by atoms with Crippen molar-refractivity contribution in [1.29, 1.82) is 5.26 Å². The predicted octanol–water partition coefficient (Wildman–Crippen LogP) is 1.76. The van der Waals surface area contributed by atoms with Crippen molar-refractivity contribution in [1.82, 2.24) is 4.89 Å². The highest BCUT2D eigenvalue weighted by molar-refractivity contribution is 7.89. The van der Waals surface area contributed by atoms with Gasteiger partial charge in [0.15, 0.2) is 0 Å². The Morgan fingerprint density at radius 1 is 1.28 bits per heavy atom. The zero-order valence-corrected chi connectivity index (χ0v) is 11.4. The first-order valence-corrected chi connectivity index (χ1v) is 6.89. The number of nitrogens with one attached hydrogen (secondary N) is 1. The fraction of sp³-hybridized carbons (Fsp3) is 0.417. The van der Waals surface area contributed by atoms with Crippen LogP contribution in [-0.4, -0.2) is 14.0 Å². The number of benzene rings is 1. The van der Waals surface area contributed by atoms with Crippen molar-refractivity contribution in [3.63, 3.8) is 0 Å². The van der Waals surface area contributed by atoms with Gasteiger partial charge in [-0.1, -0.05) is 17.0 Å². The first-order chi connectivity index (χ1) is 8.24. The molecule has 0 aliphatic carbocycles. The van der Waals surface area contributed by atoms with Crippen LogP contribution < -0.4 is 4.89 Å². The van der Waals surface area contributed by atoms with Gasteiger partial charge in [-0.3, -0.25) is 4.84 Å². The third-order valence-electron chi connectivity index (χ3n) is 1.97. The van der Waals surface area contributed by atoms with Crippen molar-refractivity contribution in [2.75, 3.05) is 0 Å². The van der Waals surface area contributed by atoms with Crippen LogP contribution in [0.3, 0.4) is 0 Å². The average Bonchev–Trinajstić information content (AvgIpc) is 2.27. The van der Waals surface area contributed by atoms with Crippen LogP contribution in [0.2, 0.25) is 0 Å². The molecular formula is C12H16N2O3S. The number of hydrogen-bond donors (Lipinski definition) is 1. The maximum absolute atomic E-state index is 11.8. The predicted molar refractivity (Wildman–Crippen MR) is 66.9 cm³/mol. The van der Waals surface area contributed by atoms with Crippen LogP contribution in [0.15, 0.2) is 29.2 Å². The van der Waals surface area contributed by atoms with Gasteiger partial charge in [0.2, 0.25) is 0 Å². The minimum Gasteiger partial charge on any atom is -0.281 e. The van der Waals surface area contributed by atoms with Crippen molar-refractivity contribution >= 4 is 10.0 Å². The standard InChI is InChI=1S/C12H16N2O3S/c1-12(2,3)17-14-18(15,16)11-6-4-10(5-7-11)8-9-13/h4-7,14H,8H2,1-3H3. The molecule has 0 atom stereocenters. The van der Waals surface area contributed by atoms with Gasteiger partial charge in [0, 0.05) is 0 Å². The van der Waals surface area contributed by atoms with Gasteiger partial charge in [-0.2, -0.15) is 5.26 Å². The van der Waals surface area contributed by atoms with Crippen molar-refractivity contribution in [3.05, 3.63) is 29.8 Å². The third-order valence-corrected chi connectivity index (χ3v) is 3.17. The second kappa shape index (κ2) is 5.48. The number of hydrogen-bond acceptors (Lipinski definition) is 4. The van der Waals surface area contributed by atoms with Crippen LogP contribution >= 0.6 is 0 Å². The van der Waals surface area contributed by atoms with Crippen LogP contribution in [0.4, 0.5) is 0 Å². The summed E-state index contributed by atoms with van der Waals surface area (Å²) in [5.74, 6) is 0. The first kappa shape index (κ1) is 14.6. The summed E-state index contributed by atoms with van der Waals surface area (Å²) in [6.45, 7) is 5.22. The van der Waals surface area contributed by atoms with E-state index in [4.69, 9.17) is 10.1 Å². The van der Waals surface area contributed by atoms with E-state index in [2.05, 4.69) is 4.89 Å². The molecule has 98 valence electrons. The smallest absolute Gasteiger partial charge is 0.262 e. The Morgan fingerprint density at radius 2 is 1.83 bits per heavy atom. The Hall–Kier alpha value is -1.42. The molecule has 18 heavy (non-hydrogen) atoms. The van der Waals surface area contributed by atoms with Crippen LogP contribution in [-0.2, 0) is 21.3 Å². The first-order valence-electron chi connectivity index (χ1n) is 5.40. The van der Waals surface area contributed by atoms with Gasteiger partial charge in [0.05, 0.1) is 23.0 Å². The van der Waals surface area contributed by atoms with Gasteiger partial charge in [-0.05, 0) is 38.5 Å². The van der Waals surface area contributed by atoms with Gasteiger partial charge in [-0.25, -0.2) is 8.42 Å². The maximum atomic E-state index is 11.8. The summed E-state index contributed by atoms with van der Waals surface area (Å²) in [4.78, 5) is 7.21. The highest BCUT2D eigenvalue weighted by Crippen LogP contribution is 2.13. The molecule has 1 N–H and O–H groups in total. The van der Waals surface area contributed by atoms with Crippen LogP contribution in [0.1, 0.15) is 26.3 Å². The minimum atomic E-state index is -3.68. The van der Waals surface area contributed by atoms with E-state index in [1.54, 1.807) is 32.9 Å². The van der Waals surface area contributed by atoms with Gasteiger partial charge in [-0.15, -0.1) is 0 Å². The van der Waals surface area contributed by atoms with Crippen LogP contribution in [0.5, 0.6) is 0 Å². The third kappa shape index (κ3) is 4.45. The van der Waals surface area contributed by atoms with E-state index < -0.39 is 15.6 Å². The molecule has 0 unspecified atom stereocenters. The molecule has 1 aromatic rings. The summed E-state index contributed by atoms with van der Waals surface area (Å²) in [6.07, 6.45) is 0.256. The Labute approximate surface area is 107 Å². The molecule has 0 saturated carbocycles. The fourth-order valence-electron chi connectivity index (χ4n) is 1.11. The molecule has 1 aromatic carbocycles. The van der Waals surface area contributed by atoms with Crippen LogP contribution in [0.25, 0.3) is 0 Å². The largest absolute Gasteiger partial charge is 0.281 e. The van der Waals surface area contributed by atoms with Gasteiger partial charge < -0.3 is 0 Å². The molecule has 0 aliphatic rings. The summed E-state index contributed by atoms with van der Waals surface area (Å²) in [5, 5.41) is 8.52. The van der Waals surface area contributed by atoms with E-state index in [0.29, 0.717) is 0 Å². The zero-order valence-electron chi connectivity index (χ0n) is 10.6. The lowest BCUT2D eigenvalue weighted by molar-refractivity contribution is -0.0357. The van der Waals surface area contributed by atoms with E-state index in [1.165, 1.54) is 12.1 Å². The van der Waals surface area contributed by atoms with Gasteiger partial charge in [0.1, 0.15) is 0 Å². The molecule has 0 saturated heterocycles. The van der Waals surface area contributed by atoms with E-state index in [1.807, 2.05) is 6.07 Å². The molecule has 0 radical (unpaired) electrons. The topological polar surface area (TPSA) is 79.2 Å². The van der Waals surface area contributed by atoms with Crippen molar-refractivity contribution in [3.8, 4) is 6.07 Å². The van der Waals surface area contributed by atoms with Gasteiger partial charge in [0.25, 0.3) is 10.0 Å². The molecule has 0 amide bonds. The summed E-state index contributed by atoms with van der Waals surface area (Å²) < 4.78 is 23.7. The van der Waals surface area contributed by atoms with E-state index >= 15 is 0 Å². The molecule has 1 rings (SSSR count). The number of nitrogens with zero attached hydrogens (tertiary/aromatic N) is 1. The molecular weight excluding hydrogens is 252 g/mol. The molecule has 0 aliphatic heterocycles. The Morgan fingerprint density at radius 3 is 2.28 bits per heavy atom. The summed E-state index contributed by atoms with van der Waals surface area (Å²) in [7, 11) is -3.68. The second-order valence-corrected chi connectivity index (χ2v) is 6.42. The SMILES string of the molecule is CC(C)(C)ONS(=O)(=O)c1ccc(CC#N)cc1. The summed E-state index contributed by atoms with van der Waals surface area (Å²) in [5.41, 5.74) is 0.168. The van der Waals surface area contributed by atoms with Gasteiger partial charge >= 0.3 is 0 Å². The highest BCUT2D eigenvalue weighted by Gasteiger charge is 2.18. The van der Waals surface area contributed by atoms with Crippen molar-refractivity contribution in [2.45, 2.75) is 37.7 Å². The monoisotopic (exact) mass is 268 g/mol. The minimum absolute atomic E-state index is 0.105. The van der Waals surface area contributed by atoms with Crippen LogP contribution in [0, 0.1) is 11.3 Å². The Bertz CT molecular complexity index is 536. The zero-order chi connectivity index (χ0) is 13.8. The average molecular weight is 268 g/mol. The molecule has 0 fully saturated rings. The fourth-order valence-corrected chi connectivity index (χ4v) is 2.06. The molecule has 6 heteroatoms. The lowest BCUT2D eigenvalue weighted by atomic mass is 10.2. The van der Waals surface area contributed by atoms with Crippen molar-refractivity contribution < 1.29 is 13.3 Å². The molecule has 0 spiro atoms. The molecule has 5 nitrogen and oxygen atoms in total. The van der Waals surface area contributed by atoms with E-state index in [0.717, 1.165) is 5.56 Å². The van der Waals surface area contributed by atoms with Crippen molar-refractivity contribution in [2.24, 2.45) is 0 Å². The molecule has 0 heterocycles. The lowest BCUT2D eigenvalue weighted by Gasteiger charge is -2.19. The summed E-state index contributed by atoms with van der Waals surface area (Å²) in [6, 6.07) is 8.10. The number of sulfonamides is 1. The Balaban J connectivity index is 2.83. The summed E-state index contributed by atoms with van der Waals surface area (Å²) >= 11 is 0. The maximum Gasteiger partial charge on any atom is 0.262 e. The normalized spacial score (nSPS) is 12.1. The second-order valence-electron chi connectivity index (χ2n) is 4.78. The molecule has 0 bridgehead atoms.